The second-order valence-electron chi connectivity index (χ2n) is 5.04. The van der Waals surface area contributed by atoms with Crippen LogP contribution in [0, 0.1) is 13.8 Å². The van der Waals surface area contributed by atoms with Crippen LogP contribution < -0.4 is 4.74 Å². The molecule has 0 radical (unpaired) electrons. The summed E-state index contributed by atoms with van der Waals surface area (Å²) in [5.74, 6) is 0.748. The van der Waals surface area contributed by atoms with Gasteiger partial charge in [0, 0.05) is 10.0 Å². The first-order valence-corrected chi connectivity index (χ1v) is 7.22. The monoisotopic (exact) mass is 318 g/mol. The van der Waals surface area contributed by atoms with Crippen molar-refractivity contribution in [2.24, 2.45) is 0 Å². The average Bonchev–Trinajstić information content (AvgIpc) is 2.71. The summed E-state index contributed by atoms with van der Waals surface area (Å²) >= 11 is 12.0. The Morgan fingerprint density at radius 2 is 1.76 bits per heavy atom. The molecule has 0 saturated carbocycles. The molecule has 4 heteroatoms. The topological polar surface area (TPSA) is 26.3 Å². The summed E-state index contributed by atoms with van der Waals surface area (Å²) < 4.78 is 5.66. The number of allylic oxidation sites excluding steroid dienone is 1. The quantitative estimate of drug-likeness (QED) is 0.673. The molecule has 0 spiro atoms. The van der Waals surface area contributed by atoms with Gasteiger partial charge in [-0.1, -0.05) is 29.3 Å². The van der Waals surface area contributed by atoms with Crippen molar-refractivity contribution >= 4 is 35.1 Å². The van der Waals surface area contributed by atoms with Crippen molar-refractivity contribution < 1.29 is 9.53 Å². The van der Waals surface area contributed by atoms with Crippen molar-refractivity contribution in [1.29, 1.82) is 0 Å². The Morgan fingerprint density at radius 3 is 2.48 bits per heavy atom. The lowest BCUT2D eigenvalue weighted by Crippen LogP contribution is -1.98. The molecular formula is C17H12Cl2O2. The number of ether oxygens (including phenoxy) is 1. The number of carbonyl (C=O) groups excluding carboxylic acids is 1. The van der Waals surface area contributed by atoms with Crippen molar-refractivity contribution in [2.75, 3.05) is 0 Å². The molecule has 0 atom stereocenters. The maximum Gasteiger partial charge on any atom is 0.231 e. The first-order valence-electron chi connectivity index (χ1n) is 6.46. The number of ketones is 1. The third-order valence-corrected chi connectivity index (χ3v) is 4.10. The van der Waals surface area contributed by atoms with E-state index in [2.05, 4.69) is 0 Å². The van der Waals surface area contributed by atoms with Crippen molar-refractivity contribution in [3.63, 3.8) is 0 Å². The van der Waals surface area contributed by atoms with E-state index in [1.54, 1.807) is 24.3 Å². The van der Waals surface area contributed by atoms with E-state index in [1.165, 1.54) is 0 Å². The smallest absolute Gasteiger partial charge is 0.231 e. The van der Waals surface area contributed by atoms with Crippen LogP contribution >= 0.6 is 23.2 Å². The van der Waals surface area contributed by atoms with Crippen LogP contribution in [0.4, 0.5) is 0 Å². The van der Waals surface area contributed by atoms with E-state index in [1.807, 2.05) is 26.0 Å². The van der Waals surface area contributed by atoms with E-state index in [9.17, 15) is 4.79 Å². The van der Waals surface area contributed by atoms with Gasteiger partial charge in [-0.2, -0.15) is 0 Å². The molecule has 0 amide bonds. The number of aryl methyl sites for hydroxylation is 2. The van der Waals surface area contributed by atoms with E-state index in [0.29, 0.717) is 26.9 Å². The predicted octanol–water partition coefficient (Wildman–Crippen LogP) is 5.23. The molecule has 0 fully saturated rings. The van der Waals surface area contributed by atoms with Crippen molar-refractivity contribution in [2.45, 2.75) is 13.8 Å². The molecule has 0 aliphatic carbocycles. The van der Waals surface area contributed by atoms with Gasteiger partial charge in [-0.3, -0.25) is 4.79 Å². The summed E-state index contributed by atoms with van der Waals surface area (Å²) in [6, 6.07) is 8.86. The van der Waals surface area contributed by atoms with E-state index in [4.69, 9.17) is 27.9 Å². The van der Waals surface area contributed by atoms with Gasteiger partial charge in [-0.05, 0) is 60.9 Å². The van der Waals surface area contributed by atoms with Crippen LogP contribution in [-0.4, -0.2) is 5.78 Å². The van der Waals surface area contributed by atoms with Crippen LogP contribution in [0.25, 0.3) is 6.08 Å². The second-order valence-corrected chi connectivity index (χ2v) is 5.88. The molecule has 2 nitrogen and oxygen atoms in total. The van der Waals surface area contributed by atoms with E-state index in [-0.39, 0.29) is 11.5 Å². The molecule has 1 aliphatic heterocycles. The highest BCUT2D eigenvalue weighted by molar-refractivity contribution is 6.35. The van der Waals surface area contributed by atoms with Gasteiger partial charge in [0.1, 0.15) is 5.75 Å². The van der Waals surface area contributed by atoms with Gasteiger partial charge >= 0.3 is 0 Å². The van der Waals surface area contributed by atoms with Gasteiger partial charge in [0.15, 0.2) is 5.76 Å². The van der Waals surface area contributed by atoms with Gasteiger partial charge in [-0.25, -0.2) is 0 Å². The molecule has 0 unspecified atom stereocenters. The fourth-order valence-electron chi connectivity index (χ4n) is 2.20. The minimum atomic E-state index is -0.126. The normalized spacial score (nSPS) is 15.2. The van der Waals surface area contributed by atoms with Gasteiger partial charge in [0.05, 0.1) is 5.56 Å². The SMILES string of the molecule is Cc1cc2c(cc1C)C(=O)/C(=C/c1ccc(Cl)cc1Cl)O2. The van der Waals surface area contributed by atoms with Gasteiger partial charge in [0.2, 0.25) is 5.78 Å². The van der Waals surface area contributed by atoms with Crippen LogP contribution in [-0.2, 0) is 0 Å². The Kier molecular flexibility index (Phi) is 3.52. The maximum atomic E-state index is 12.4. The minimum Gasteiger partial charge on any atom is -0.452 e. The van der Waals surface area contributed by atoms with Gasteiger partial charge in [-0.15, -0.1) is 0 Å². The van der Waals surface area contributed by atoms with Crippen LogP contribution in [0.1, 0.15) is 27.0 Å². The first kappa shape index (κ1) is 14.2. The van der Waals surface area contributed by atoms with Crippen molar-refractivity contribution in [3.8, 4) is 5.75 Å². The molecule has 2 aromatic carbocycles. The summed E-state index contributed by atoms with van der Waals surface area (Å²) in [7, 11) is 0. The van der Waals surface area contributed by atoms with Crippen LogP contribution in [0.3, 0.4) is 0 Å². The maximum absolute atomic E-state index is 12.4. The number of halogens is 2. The molecule has 1 heterocycles. The van der Waals surface area contributed by atoms with Gasteiger partial charge < -0.3 is 4.74 Å². The lowest BCUT2D eigenvalue weighted by Gasteiger charge is -2.02. The lowest BCUT2D eigenvalue weighted by atomic mass is 10.0. The summed E-state index contributed by atoms with van der Waals surface area (Å²) in [6.07, 6.45) is 1.64. The standard InChI is InChI=1S/C17H12Cl2O2/c1-9-5-13-15(6-10(9)2)21-16(17(13)20)7-11-3-4-12(18)8-14(11)19/h3-8H,1-2H3/b16-7-. The average molecular weight is 319 g/mol. The number of Topliss-reactive ketones (excluding diaryl/α,β-unsaturated/α-hetero) is 1. The third-order valence-electron chi connectivity index (χ3n) is 3.53. The summed E-state index contributed by atoms with van der Waals surface area (Å²) in [5, 5.41) is 1.03. The molecule has 21 heavy (non-hydrogen) atoms. The van der Waals surface area contributed by atoms with Crippen LogP contribution in [0.15, 0.2) is 36.1 Å². The Balaban J connectivity index is 2.03. The highest BCUT2D eigenvalue weighted by Gasteiger charge is 2.28. The number of fused-ring (bicyclic) bond motifs is 1. The Labute approximate surface area is 132 Å². The van der Waals surface area contributed by atoms with E-state index >= 15 is 0 Å². The Hall–Kier alpha value is -1.77. The fraction of sp³-hybridized carbons (Fsp3) is 0.118. The van der Waals surface area contributed by atoms with Crippen LogP contribution in [0.5, 0.6) is 5.75 Å². The molecule has 0 aromatic heterocycles. The Morgan fingerprint density at radius 1 is 1.05 bits per heavy atom. The summed E-state index contributed by atoms with van der Waals surface area (Å²) in [6.45, 7) is 3.96. The van der Waals surface area contributed by atoms with Crippen LogP contribution in [0.2, 0.25) is 10.0 Å². The summed E-state index contributed by atoms with van der Waals surface area (Å²) in [5.41, 5.74) is 3.45. The largest absolute Gasteiger partial charge is 0.452 e. The number of hydrogen-bond acceptors (Lipinski definition) is 2. The predicted molar refractivity (Wildman–Crippen MR) is 85.3 cm³/mol. The summed E-state index contributed by atoms with van der Waals surface area (Å²) in [4.78, 5) is 12.4. The van der Waals surface area contributed by atoms with Gasteiger partial charge in [0.25, 0.3) is 0 Å². The third kappa shape index (κ3) is 2.57. The number of hydrogen-bond donors (Lipinski definition) is 0. The minimum absolute atomic E-state index is 0.126. The number of carbonyl (C=O) groups is 1. The highest BCUT2D eigenvalue weighted by atomic mass is 35.5. The fourth-order valence-corrected chi connectivity index (χ4v) is 2.67. The molecule has 0 bridgehead atoms. The molecule has 1 aliphatic rings. The molecule has 0 N–H and O–H groups in total. The zero-order chi connectivity index (χ0) is 15.1. The molecule has 0 saturated heterocycles. The number of rotatable bonds is 1. The second kappa shape index (κ2) is 5.21. The number of benzene rings is 2. The molecule has 3 rings (SSSR count). The Bertz CT molecular complexity index is 792. The first-order chi connectivity index (χ1) is 9.95. The zero-order valence-electron chi connectivity index (χ0n) is 11.5. The molecule has 2 aromatic rings. The van der Waals surface area contributed by atoms with E-state index in [0.717, 1.165) is 11.1 Å². The zero-order valence-corrected chi connectivity index (χ0v) is 13.0. The lowest BCUT2D eigenvalue weighted by molar-refractivity contribution is 0.101. The highest BCUT2D eigenvalue weighted by Crippen LogP contribution is 2.34. The van der Waals surface area contributed by atoms with E-state index < -0.39 is 0 Å². The molecular weight excluding hydrogens is 307 g/mol. The van der Waals surface area contributed by atoms with Crippen molar-refractivity contribution in [1.82, 2.24) is 0 Å². The molecule has 106 valence electrons. The van der Waals surface area contributed by atoms with Crippen molar-refractivity contribution in [3.05, 3.63) is 68.4 Å².